The molecule has 2 aliphatic rings. The van der Waals surface area contributed by atoms with E-state index in [0.717, 1.165) is 18.9 Å². The van der Waals surface area contributed by atoms with Gasteiger partial charge in [0.25, 0.3) is 0 Å². The summed E-state index contributed by atoms with van der Waals surface area (Å²) in [6.07, 6.45) is 7.33. The van der Waals surface area contributed by atoms with E-state index in [1.54, 1.807) is 0 Å². The van der Waals surface area contributed by atoms with Crippen molar-refractivity contribution in [2.75, 3.05) is 6.54 Å². The molecule has 2 N–H and O–H groups in total. The zero-order valence-corrected chi connectivity index (χ0v) is 9.21. The van der Waals surface area contributed by atoms with Gasteiger partial charge in [-0.15, -0.1) is 0 Å². The lowest BCUT2D eigenvalue weighted by Gasteiger charge is -2.44. The van der Waals surface area contributed by atoms with E-state index in [-0.39, 0.29) is 6.10 Å². The molecule has 2 fully saturated rings. The van der Waals surface area contributed by atoms with Crippen LogP contribution in [0.4, 0.5) is 0 Å². The topological polar surface area (TPSA) is 32.3 Å². The van der Waals surface area contributed by atoms with Crippen LogP contribution in [0, 0.1) is 11.8 Å². The van der Waals surface area contributed by atoms with Crippen LogP contribution in [-0.2, 0) is 0 Å². The average molecular weight is 197 g/mol. The van der Waals surface area contributed by atoms with Crippen LogP contribution >= 0.6 is 0 Å². The maximum Gasteiger partial charge on any atom is 0.0572 e. The molecule has 0 aromatic heterocycles. The number of fused-ring (bicyclic) bond motifs is 1. The fourth-order valence-electron chi connectivity index (χ4n) is 3.40. The zero-order chi connectivity index (χ0) is 9.97. The Kier molecular flexibility index (Phi) is 3.45. The number of hydrogen-bond donors (Lipinski definition) is 2. The van der Waals surface area contributed by atoms with Crippen molar-refractivity contribution in [1.82, 2.24) is 5.32 Å². The summed E-state index contributed by atoms with van der Waals surface area (Å²) >= 11 is 0. The molecule has 1 aliphatic heterocycles. The first-order valence-electron chi connectivity index (χ1n) is 6.24. The van der Waals surface area contributed by atoms with E-state index in [1.165, 1.54) is 32.1 Å². The SMILES string of the molecule is CCCC1NCCC2C(O)CCCC12. The van der Waals surface area contributed by atoms with Gasteiger partial charge in [0.1, 0.15) is 0 Å². The van der Waals surface area contributed by atoms with Crippen molar-refractivity contribution in [3.8, 4) is 0 Å². The van der Waals surface area contributed by atoms with Crippen molar-refractivity contribution in [1.29, 1.82) is 0 Å². The van der Waals surface area contributed by atoms with Gasteiger partial charge in [-0.2, -0.15) is 0 Å². The Morgan fingerprint density at radius 3 is 2.86 bits per heavy atom. The van der Waals surface area contributed by atoms with E-state index in [1.807, 2.05) is 0 Å². The predicted octanol–water partition coefficient (Wildman–Crippen LogP) is 1.93. The molecule has 0 radical (unpaired) electrons. The minimum absolute atomic E-state index is 0.00444. The lowest BCUT2D eigenvalue weighted by Crippen LogP contribution is -2.51. The Morgan fingerprint density at radius 2 is 2.07 bits per heavy atom. The normalized spacial score (nSPS) is 43.3. The van der Waals surface area contributed by atoms with Gasteiger partial charge < -0.3 is 10.4 Å². The predicted molar refractivity (Wildman–Crippen MR) is 58.2 cm³/mol. The Morgan fingerprint density at radius 1 is 1.21 bits per heavy atom. The first-order valence-corrected chi connectivity index (χ1v) is 6.24. The highest BCUT2D eigenvalue weighted by Gasteiger charge is 2.38. The highest BCUT2D eigenvalue weighted by molar-refractivity contribution is 4.92. The van der Waals surface area contributed by atoms with Crippen LogP contribution in [0.2, 0.25) is 0 Å². The maximum absolute atomic E-state index is 9.96. The minimum Gasteiger partial charge on any atom is -0.393 e. The van der Waals surface area contributed by atoms with Crippen LogP contribution in [0.15, 0.2) is 0 Å². The molecule has 0 amide bonds. The van der Waals surface area contributed by atoms with Crippen LogP contribution in [0.3, 0.4) is 0 Å². The molecule has 82 valence electrons. The van der Waals surface area contributed by atoms with E-state index in [4.69, 9.17) is 0 Å². The van der Waals surface area contributed by atoms with Crippen molar-refractivity contribution >= 4 is 0 Å². The molecular weight excluding hydrogens is 174 g/mol. The summed E-state index contributed by atoms with van der Waals surface area (Å²) in [7, 11) is 0. The Labute approximate surface area is 87.1 Å². The van der Waals surface area contributed by atoms with Crippen LogP contribution < -0.4 is 5.32 Å². The van der Waals surface area contributed by atoms with Gasteiger partial charge in [0.15, 0.2) is 0 Å². The summed E-state index contributed by atoms with van der Waals surface area (Å²) in [5, 5.41) is 13.6. The van der Waals surface area contributed by atoms with Gasteiger partial charge in [0, 0.05) is 6.04 Å². The van der Waals surface area contributed by atoms with Gasteiger partial charge in [-0.05, 0) is 44.1 Å². The fraction of sp³-hybridized carbons (Fsp3) is 1.00. The number of aliphatic hydroxyl groups is 1. The van der Waals surface area contributed by atoms with Gasteiger partial charge in [-0.25, -0.2) is 0 Å². The molecule has 14 heavy (non-hydrogen) atoms. The van der Waals surface area contributed by atoms with Gasteiger partial charge in [-0.1, -0.05) is 19.8 Å². The van der Waals surface area contributed by atoms with Crippen LogP contribution in [-0.4, -0.2) is 23.8 Å². The van der Waals surface area contributed by atoms with Crippen LogP contribution in [0.1, 0.15) is 45.4 Å². The number of hydrogen-bond acceptors (Lipinski definition) is 2. The molecule has 1 saturated carbocycles. The Hall–Kier alpha value is -0.0800. The monoisotopic (exact) mass is 197 g/mol. The molecule has 1 aliphatic carbocycles. The van der Waals surface area contributed by atoms with Crippen molar-refractivity contribution in [3.63, 3.8) is 0 Å². The summed E-state index contributed by atoms with van der Waals surface area (Å²) in [6.45, 7) is 3.37. The van der Waals surface area contributed by atoms with Crippen molar-refractivity contribution in [2.24, 2.45) is 11.8 Å². The number of rotatable bonds is 2. The molecular formula is C12H23NO. The summed E-state index contributed by atoms with van der Waals surface area (Å²) in [6, 6.07) is 0.689. The van der Waals surface area contributed by atoms with Crippen LogP contribution in [0.5, 0.6) is 0 Å². The van der Waals surface area contributed by atoms with Gasteiger partial charge in [0.2, 0.25) is 0 Å². The maximum atomic E-state index is 9.96. The van der Waals surface area contributed by atoms with Gasteiger partial charge >= 0.3 is 0 Å². The Balaban J connectivity index is 2.00. The minimum atomic E-state index is -0.00444. The quantitative estimate of drug-likeness (QED) is 0.709. The van der Waals surface area contributed by atoms with Gasteiger partial charge in [-0.3, -0.25) is 0 Å². The smallest absolute Gasteiger partial charge is 0.0572 e. The van der Waals surface area contributed by atoms with Crippen LogP contribution in [0.25, 0.3) is 0 Å². The fourth-order valence-corrected chi connectivity index (χ4v) is 3.40. The standard InChI is InChI=1S/C12H23NO/c1-2-4-11-9-5-3-6-12(14)10(9)7-8-13-11/h9-14H,2-8H2,1H3. The van der Waals surface area contributed by atoms with E-state index in [9.17, 15) is 5.11 Å². The number of aliphatic hydroxyl groups excluding tert-OH is 1. The summed E-state index contributed by atoms with van der Waals surface area (Å²) in [5.74, 6) is 1.36. The third-order valence-corrected chi connectivity index (χ3v) is 4.08. The number of nitrogens with one attached hydrogen (secondary N) is 1. The highest BCUT2D eigenvalue weighted by atomic mass is 16.3. The van der Waals surface area contributed by atoms with E-state index < -0.39 is 0 Å². The third-order valence-electron chi connectivity index (χ3n) is 4.08. The van der Waals surface area contributed by atoms with Crippen molar-refractivity contribution < 1.29 is 5.11 Å². The molecule has 4 unspecified atom stereocenters. The summed E-state index contributed by atoms with van der Waals surface area (Å²) in [5.41, 5.74) is 0. The lowest BCUT2D eigenvalue weighted by atomic mass is 9.69. The molecule has 2 heteroatoms. The molecule has 4 atom stereocenters. The molecule has 0 spiro atoms. The van der Waals surface area contributed by atoms with Crippen molar-refractivity contribution in [2.45, 2.75) is 57.6 Å². The first-order chi connectivity index (χ1) is 6.83. The molecule has 0 aromatic carbocycles. The van der Waals surface area contributed by atoms with Crippen molar-refractivity contribution in [3.05, 3.63) is 0 Å². The summed E-state index contributed by atoms with van der Waals surface area (Å²) < 4.78 is 0. The highest BCUT2D eigenvalue weighted by Crippen LogP contribution is 2.38. The third kappa shape index (κ3) is 1.96. The lowest BCUT2D eigenvalue weighted by molar-refractivity contribution is -0.00299. The molecule has 0 aromatic rings. The Bertz CT molecular complexity index is 181. The zero-order valence-electron chi connectivity index (χ0n) is 9.21. The van der Waals surface area contributed by atoms with Gasteiger partial charge in [0.05, 0.1) is 6.10 Å². The average Bonchev–Trinajstić information content (AvgIpc) is 2.20. The molecule has 2 rings (SSSR count). The van der Waals surface area contributed by atoms with E-state index in [2.05, 4.69) is 12.2 Å². The number of piperidine rings is 1. The molecule has 0 bridgehead atoms. The molecule has 2 nitrogen and oxygen atoms in total. The molecule has 1 saturated heterocycles. The van der Waals surface area contributed by atoms with E-state index in [0.29, 0.717) is 12.0 Å². The summed E-state index contributed by atoms with van der Waals surface area (Å²) in [4.78, 5) is 0. The second-order valence-corrected chi connectivity index (χ2v) is 4.96. The second kappa shape index (κ2) is 4.63. The molecule has 1 heterocycles. The first kappa shape index (κ1) is 10.4. The largest absolute Gasteiger partial charge is 0.393 e. The van der Waals surface area contributed by atoms with E-state index >= 15 is 0 Å². The second-order valence-electron chi connectivity index (χ2n) is 4.96.